The summed E-state index contributed by atoms with van der Waals surface area (Å²) in [7, 11) is 0. The number of nitrogens with zero attached hydrogens (tertiary/aromatic N) is 1. The van der Waals surface area contributed by atoms with E-state index in [1.807, 2.05) is 6.08 Å². The van der Waals surface area contributed by atoms with Gasteiger partial charge >= 0.3 is 0 Å². The molecule has 0 aromatic heterocycles. The summed E-state index contributed by atoms with van der Waals surface area (Å²) < 4.78 is 0. The van der Waals surface area contributed by atoms with Crippen LogP contribution in [0.1, 0.15) is 19.3 Å². The van der Waals surface area contributed by atoms with Gasteiger partial charge in [-0.2, -0.15) is 0 Å². The molecule has 0 atom stereocenters. The minimum absolute atomic E-state index is 0.291. The predicted molar refractivity (Wildman–Crippen MR) is 52.7 cm³/mol. The highest BCUT2D eigenvalue weighted by Gasteiger charge is 2.37. The highest BCUT2D eigenvalue weighted by Crippen LogP contribution is 2.41. The van der Waals surface area contributed by atoms with Crippen molar-refractivity contribution in [3.05, 3.63) is 12.2 Å². The number of hydrogen-bond acceptors (Lipinski definition) is 2. The van der Waals surface area contributed by atoms with Gasteiger partial charge in [-0.25, -0.2) is 0 Å². The molecule has 0 aromatic carbocycles. The second-order valence-corrected chi connectivity index (χ2v) is 4.46. The second-order valence-electron chi connectivity index (χ2n) is 4.09. The third-order valence-corrected chi connectivity index (χ3v) is 3.47. The molecular formula is C10H14ClNO. The van der Waals surface area contributed by atoms with E-state index in [9.17, 15) is 4.79 Å². The van der Waals surface area contributed by atoms with E-state index < -0.39 is 0 Å². The van der Waals surface area contributed by atoms with E-state index in [0.717, 1.165) is 0 Å². The molecule has 0 radical (unpaired) electrons. The van der Waals surface area contributed by atoms with E-state index >= 15 is 0 Å². The van der Waals surface area contributed by atoms with Crippen molar-refractivity contribution in [2.24, 2.45) is 5.41 Å². The Bertz CT molecular complexity index is 228. The third kappa shape index (κ3) is 1.94. The largest absolute Gasteiger partial charge is 0.303 e. The van der Waals surface area contributed by atoms with Crippen LogP contribution in [0, 0.1) is 5.41 Å². The molecule has 3 fully saturated rings. The van der Waals surface area contributed by atoms with Crippen molar-refractivity contribution in [1.82, 2.24) is 4.90 Å². The highest BCUT2D eigenvalue weighted by molar-refractivity contribution is 6.66. The van der Waals surface area contributed by atoms with Crippen LogP contribution in [0.3, 0.4) is 0 Å². The minimum atomic E-state index is -0.345. The molecule has 0 saturated carbocycles. The molecule has 13 heavy (non-hydrogen) atoms. The number of halogens is 1. The van der Waals surface area contributed by atoms with Gasteiger partial charge in [0.05, 0.1) is 0 Å². The predicted octanol–water partition coefficient (Wildman–Crippen LogP) is 1.79. The lowest BCUT2D eigenvalue weighted by Gasteiger charge is -2.46. The first-order valence-electron chi connectivity index (χ1n) is 4.81. The molecule has 0 aromatic rings. The molecule has 3 heteroatoms. The van der Waals surface area contributed by atoms with Gasteiger partial charge in [-0.05, 0) is 62.0 Å². The van der Waals surface area contributed by atoms with Gasteiger partial charge in [-0.1, -0.05) is 6.08 Å². The first-order valence-corrected chi connectivity index (χ1v) is 5.19. The van der Waals surface area contributed by atoms with Crippen molar-refractivity contribution in [2.75, 3.05) is 19.6 Å². The summed E-state index contributed by atoms with van der Waals surface area (Å²) in [4.78, 5) is 13.1. The smallest absolute Gasteiger partial charge is 0.244 e. The summed E-state index contributed by atoms with van der Waals surface area (Å²) in [5, 5.41) is -0.345. The van der Waals surface area contributed by atoms with Gasteiger partial charge < -0.3 is 4.90 Å². The quantitative estimate of drug-likeness (QED) is 0.499. The van der Waals surface area contributed by atoms with Crippen LogP contribution in [-0.2, 0) is 4.79 Å². The van der Waals surface area contributed by atoms with Crippen LogP contribution >= 0.6 is 11.6 Å². The van der Waals surface area contributed by atoms with Crippen molar-refractivity contribution < 1.29 is 4.79 Å². The zero-order valence-corrected chi connectivity index (χ0v) is 8.39. The molecule has 3 aliphatic rings. The summed E-state index contributed by atoms with van der Waals surface area (Å²) in [6.45, 7) is 3.54. The van der Waals surface area contributed by atoms with Crippen molar-refractivity contribution in [2.45, 2.75) is 19.3 Å². The van der Waals surface area contributed by atoms with Crippen LogP contribution in [0.5, 0.6) is 0 Å². The van der Waals surface area contributed by atoms with E-state index in [1.54, 1.807) is 0 Å². The zero-order valence-electron chi connectivity index (χ0n) is 7.63. The maximum Gasteiger partial charge on any atom is 0.244 e. The zero-order chi connectivity index (χ0) is 9.31. The average Bonchev–Trinajstić information content (AvgIpc) is 2.18. The Morgan fingerprint density at radius 1 is 1.23 bits per heavy atom. The molecule has 72 valence electrons. The van der Waals surface area contributed by atoms with E-state index in [-0.39, 0.29) is 5.24 Å². The molecule has 0 aliphatic carbocycles. The second kappa shape index (κ2) is 3.43. The molecule has 2 nitrogen and oxygen atoms in total. The van der Waals surface area contributed by atoms with Crippen molar-refractivity contribution >= 4 is 16.8 Å². The van der Waals surface area contributed by atoms with E-state index in [1.165, 1.54) is 45.0 Å². The Morgan fingerprint density at radius 2 is 1.77 bits per heavy atom. The molecule has 3 saturated heterocycles. The standard InChI is InChI=1S/C10H14ClNO/c11-9(13)1-2-10-3-6-12(7-4-10)8-5-10/h1-2H,3-8H2. The Hall–Kier alpha value is -0.340. The highest BCUT2D eigenvalue weighted by atomic mass is 35.5. The fraction of sp³-hybridized carbons (Fsp3) is 0.700. The summed E-state index contributed by atoms with van der Waals surface area (Å²) in [6, 6.07) is 0. The molecule has 3 rings (SSSR count). The van der Waals surface area contributed by atoms with Gasteiger partial charge in [0.15, 0.2) is 0 Å². The van der Waals surface area contributed by atoms with Gasteiger partial charge in [0, 0.05) is 0 Å². The summed E-state index contributed by atoms with van der Waals surface area (Å²) in [6.07, 6.45) is 7.14. The number of carbonyl (C=O) groups is 1. The first-order chi connectivity index (χ1) is 6.20. The number of hydrogen-bond donors (Lipinski definition) is 0. The lowest BCUT2D eigenvalue weighted by molar-refractivity contribution is -0.107. The average molecular weight is 200 g/mol. The Kier molecular flexibility index (Phi) is 2.43. The Balaban J connectivity index is 2.06. The maximum atomic E-state index is 10.6. The SMILES string of the molecule is O=C(Cl)C=CC12CCN(CC1)CC2. The summed E-state index contributed by atoms with van der Waals surface area (Å²) in [5.74, 6) is 0. The van der Waals surface area contributed by atoms with E-state index in [2.05, 4.69) is 4.90 Å². The van der Waals surface area contributed by atoms with Crippen molar-refractivity contribution in [3.8, 4) is 0 Å². The molecule has 3 aliphatic heterocycles. The fourth-order valence-electron chi connectivity index (χ4n) is 2.35. The van der Waals surface area contributed by atoms with Gasteiger partial charge in [0.25, 0.3) is 0 Å². The number of carbonyl (C=O) groups excluding carboxylic acids is 1. The van der Waals surface area contributed by atoms with Gasteiger partial charge in [-0.15, -0.1) is 0 Å². The fourth-order valence-corrected chi connectivity index (χ4v) is 2.41. The molecular weight excluding hydrogens is 186 g/mol. The lowest BCUT2D eigenvalue weighted by atomic mass is 9.72. The van der Waals surface area contributed by atoms with Gasteiger partial charge in [-0.3, -0.25) is 4.79 Å². The van der Waals surface area contributed by atoms with Crippen LogP contribution in [0.4, 0.5) is 0 Å². The van der Waals surface area contributed by atoms with E-state index in [4.69, 9.17) is 11.6 Å². The normalized spacial score (nSPS) is 38.4. The maximum absolute atomic E-state index is 10.6. The van der Waals surface area contributed by atoms with Crippen LogP contribution in [-0.4, -0.2) is 29.8 Å². The Labute approximate surface area is 83.5 Å². The molecule has 0 spiro atoms. The number of fused-ring (bicyclic) bond motifs is 3. The summed E-state index contributed by atoms with van der Waals surface area (Å²) >= 11 is 5.29. The molecule has 2 bridgehead atoms. The Morgan fingerprint density at radius 3 is 2.23 bits per heavy atom. The number of rotatable bonds is 2. The van der Waals surface area contributed by atoms with Crippen molar-refractivity contribution in [1.29, 1.82) is 0 Å². The summed E-state index contributed by atoms with van der Waals surface area (Å²) in [5.41, 5.74) is 0.291. The molecule has 0 unspecified atom stereocenters. The van der Waals surface area contributed by atoms with Crippen LogP contribution in [0.15, 0.2) is 12.2 Å². The number of piperidine rings is 3. The number of allylic oxidation sites excluding steroid dienone is 2. The van der Waals surface area contributed by atoms with Gasteiger partial charge in [0.2, 0.25) is 5.24 Å². The molecule has 3 heterocycles. The third-order valence-electron chi connectivity index (χ3n) is 3.35. The molecule has 0 amide bonds. The minimum Gasteiger partial charge on any atom is -0.303 e. The van der Waals surface area contributed by atoms with Gasteiger partial charge in [0.1, 0.15) is 0 Å². The van der Waals surface area contributed by atoms with Crippen LogP contribution in [0.2, 0.25) is 0 Å². The molecule has 0 N–H and O–H groups in total. The topological polar surface area (TPSA) is 20.3 Å². The van der Waals surface area contributed by atoms with Crippen molar-refractivity contribution in [3.63, 3.8) is 0 Å². The van der Waals surface area contributed by atoms with E-state index in [0.29, 0.717) is 5.41 Å². The monoisotopic (exact) mass is 199 g/mol. The lowest BCUT2D eigenvalue weighted by Crippen LogP contribution is -2.47. The first kappa shape index (κ1) is 9.22. The van der Waals surface area contributed by atoms with Crippen LogP contribution < -0.4 is 0 Å². The van der Waals surface area contributed by atoms with Crippen LogP contribution in [0.25, 0.3) is 0 Å².